The molecule has 0 bridgehead atoms. The van der Waals surface area contributed by atoms with Gasteiger partial charge in [0.25, 0.3) is 5.91 Å². The first-order valence-corrected chi connectivity index (χ1v) is 4.17. The maximum Gasteiger partial charge on any atom is 0.251 e. The van der Waals surface area contributed by atoms with E-state index >= 15 is 0 Å². The Labute approximate surface area is 71.8 Å². The summed E-state index contributed by atoms with van der Waals surface area (Å²) in [5.41, 5.74) is 0. The van der Waals surface area contributed by atoms with E-state index in [9.17, 15) is 9.90 Å². The molecular weight excluding hydrogens is 158 g/mol. The molecule has 0 aromatic rings. The van der Waals surface area contributed by atoms with E-state index in [4.69, 9.17) is 5.11 Å². The highest BCUT2D eigenvalue weighted by Crippen LogP contribution is 2.16. The Morgan fingerprint density at radius 2 is 2.17 bits per heavy atom. The smallest absolute Gasteiger partial charge is 0.251 e. The van der Waals surface area contributed by atoms with Crippen LogP contribution in [-0.2, 0) is 4.79 Å². The van der Waals surface area contributed by atoms with Gasteiger partial charge in [-0.2, -0.15) is 0 Å². The van der Waals surface area contributed by atoms with Crippen LogP contribution in [0.25, 0.3) is 0 Å². The summed E-state index contributed by atoms with van der Waals surface area (Å²) in [5, 5.41) is 18.3. The molecule has 3 atom stereocenters. The lowest BCUT2D eigenvalue weighted by atomic mass is 10.1. The van der Waals surface area contributed by atoms with E-state index in [0.29, 0.717) is 13.1 Å². The van der Waals surface area contributed by atoms with Crippen LogP contribution in [0.3, 0.4) is 0 Å². The number of hydrogen-bond acceptors (Lipinski definition) is 3. The Morgan fingerprint density at radius 3 is 2.50 bits per heavy atom. The summed E-state index contributed by atoms with van der Waals surface area (Å²) < 4.78 is 0. The molecule has 2 N–H and O–H groups in total. The summed E-state index contributed by atoms with van der Waals surface area (Å²) in [4.78, 5) is 12.7. The van der Waals surface area contributed by atoms with Gasteiger partial charge >= 0.3 is 0 Å². The van der Waals surface area contributed by atoms with Crippen molar-refractivity contribution in [3.05, 3.63) is 0 Å². The largest absolute Gasteiger partial charge is 0.391 e. The number of aliphatic hydroxyl groups is 2. The molecule has 0 radical (unpaired) electrons. The fourth-order valence-corrected chi connectivity index (χ4v) is 1.39. The SMILES string of the molecule is CC1CN(C(=O)[C@@H](C)O)CC1O. The fraction of sp³-hybridized carbons (Fsp3) is 0.875. The monoisotopic (exact) mass is 173 g/mol. The third-order valence-corrected chi connectivity index (χ3v) is 2.24. The van der Waals surface area contributed by atoms with Crippen molar-refractivity contribution in [2.45, 2.75) is 26.1 Å². The second-order valence-corrected chi connectivity index (χ2v) is 3.46. The molecular formula is C8H15NO3. The zero-order chi connectivity index (χ0) is 9.30. The van der Waals surface area contributed by atoms with E-state index in [-0.39, 0.29) is 11.8 Å². The number of β-amino-alcohol motifs (C(OH)–C–C–N with tert-alkyl or cyclic N) is 1. The second kappa shape index (κ2) is 3.41. The van der Waals surface area contributed by atoms with Crippen LogP contribution in [0.1, 0.15) is 13.8 Å². The molecule has 0 saturated carbocycles. The third-order valence-electron chi connectivity index (χ3n) is 2.24. The van der Waals surface area contributed by atoms with Crippen LogP contribution in [0.2, 0.25) is 0 Å². The van der Waals surface area contributed by atoms with Crippen LogP contribution in [-0.4, -0.2) is 46.3 Å². The van der Waals surface area contributed by atoms with Crippen LogP contribution in [0, 0.1) is 5.92 Å². The number of rotatable bonds is 1. The van der Waals surface area contributed by atoms with Crippen molar-refractivity contribution in [1.29, 1.82) is 0 Å². The van der Waals surface area contributed by atoms with E-state index in [1.165, 1.54) is 11.8 Å². The molecule has 1 aliphatic heterocycles. The molecule has 2 unspecified atom stereocenters. The van der Waals surface area contributed by atoms with Crippen LogP contribution in [0.5, 0.6) is 0 Å². The van der Waals surface area contributed by atoms with Crippen molar-refractivity contribution in [2.24, 2.45) is 5.92 Å². The first-order chi connectivity index (χ1) is 5.52. The average molecular weight is 173 g/mol. The number of amides is 1. The molecule has 12 heavy (non-hydrogen) atoms. The highest BCUT2D eigenvalue weighted by Gasteiger charge is 2.32. The first-order valence-electron chi connectivity index (χ1n) is 4.17. The minimum absolute atomic E-state index is 0.118. The molecule has 4 nitrogen and oxygen atoms in total. The summed E-state index contributed by atoms with van der Waals surface area (Å²) in [6.45, 7) is 4.23. The van der Waals surface area contributed by atoms with E-state index in [0.717, 1.165) is 0 Å². The quantitative estimate of drug-likeness (QED) is 0.546. The van der Waals surface area contributed by atoms with Gasteiger partial charge in [0.2, 0.25) is 0 Å². The average Bonchev–Trinajstić information content (AvgIpc) is 2.30. The van der Waals surface area contributed by atoms with E-state index in [1.54, 1.807) is 0 Å². The Kier molecular flexibility index (Phi) is 2.69. The summed E-state index contributed by atoms with van der Waals surface area (Å²) >= 11 is 0. The number of hydrogen-bond donors (Lipinski definition) is 2. The highest BCUT2D eigenvalue weighted by atomic mass is 16.3. The van der Waals surface area contributed by atoms with Crippen molar-refractivity contribution < 1.29 is 15.0 Å². The van der Waals surface area contributed by atoms with Crippen molar-refractivity contribution in [2.75, 3.05) is 13.1 Å². The van der Waals surface area contributed by atoms with Crippen LogP contribution >= 0.6 is 0 Å². The van der Waals surface area contributed by atoms with Gasteiger partial charge < -0.3 is 15.1 Å². The molecule has 1 heterocycles. The number of nitrogens with zero attached hydrogens (tertiary/aromatic N) is 1. The molecule has 70 valence electrons. The predicted octanol–water partition coefficient (Wildman–Crippen LogP) is -0.794. The lowest BCUT2D eigenvalue weighted by Crippen LogP contribution is -2.36. The van der Waals surface area contributed by atoms with E-state index in [2.05, 4.69) is 0 Å². The number of carbonyl (C=O) groups is 1. The zero-order valence-electron chi connectivity index (χ0n) is 7.40. The van der Waals surface area contributed by atoms with Gasteiger partial charge in [0, 0.05) is 19.0 Å². The Morgan fingerprint density at radius 1 is 1.58 bits per heavy atom. The van der Waals surface area contributed by atoms with Gasteiger partial charge in [0.05, 0.1) is 6.10 Å². The van der Waals surface area contributed by atoms with Gasteiger partial charge in [-0.25, -0.2) is 0 Å². The number of aliphatic hydroxyl groups excluding tert-OH is 2. The summed E-state index contributed by atoms with van der Waals surface area (Å²) in [6.07, 6.45) is -1.39. The summed E-state index contributed by atoms with van der Waals surface area (Å²) in [7, 11) is 0. The molecule has 4 heteroatoms. The molecule has 0 aliphatic carbocycles. The normalized spacial score (nSPS) is 32.2. The number of likely N-dealkylation sites (tertiary alicyclic amines) is 1. The first kappa shape index (κ1) is 9.48. The van der Waals surface area contributed by atoms with Gasteiger partial charge in [-0.1, -0.05) is 6.92 Å². The Bertz CT molecular complexity index is 171. The van der Waals surface area contributed by atoms with Crippen molar-refractivity contribution >= 4 is 5.91 Å². The second-order valence-electron chi connectivity index (χ2n) is 3.46. The molecule has 0 aromatic heterocycles. The zero-order valence-corrected chi connectivity index (χ0v) is 7.40. The topological polar surface area (TPSA) is 60.8 Å². The van der Waals surface area contributed by atoms with Crippen molar-refractivity contribution in [3.8, 4) is 0 Å². The molecule has 1 fully saturated rings. The molecule has 0 spiro atoms. The maximum atomic E-state index is 11.2. The predicted molar refractivity (Wildman–Crippen MR) is 43.4 cm³/mol. The van der Waals surface area contributed by atoms with Gasteiger partial charge in [-0.3, -0.25) is 4.79 Å². The third kappa shape index (κ3) is 1.76. The van der Waals surface area contributed by atoms with Gasteiger partial charge in [-0.05, 0) is 6.92 Å². The van der Waals surface area contributed by atoms with E-state index in [1.807, 2.05) is 6.92 Å². The molecule has 1 aliphatic rings. The van der Waals surface area contributed by atoms with Gasteiger partial charge in [-0.15, -0.1) is 0 Å². The summed E-state index contributed by atoms with van der Waals surface area (Å²) in [6, 6.07) is 0. The lowest BCUT2D eigenvalue weighted by Gasteiger charge is -2.16. The highest BCUT2D eigenvalue weighted by molar-refractivity contribution is 5.80. The molecule has 0 aromatic carbocycles. The van der Waals surface area contributed by atoms with Crippen LogP contribution in [0.15, 0.2) is 0 Å². The minimum Gasteiger partial charge on any atom is -0.391 e. The number of carbonyl (C=O) groups excluding carboxylic acids is 1. The van der Waals surface area contributed by atoms with Crippen LogP contribution < -0.4 is 0 Å². The minimum atomic E-state index is -0.956. The fourth-order valence-electron chi connectivity index (χ4n) is 1.39. The maximum absolute atomic E-state index is 11.2. The van der Waals surface area contributed by atoms with Crippen molar-refractivity contribution in [3.63, 3.8) is 0 Å². The standard InChI is InChI=1S/C8H15NO3/c1-5-3-9(4-7(5)11)8(12)6(2)10/h5-7,10-11H,3-4H2,1-2H3/t5?,6-,7?/m1/s1. The summed E-state index contributed by atoms with van der Waals surface area (Å²) in [5.74, 6) is -0.175. The van der Waals surface area contributed by atoms with Gasteiger partial charge in [0.1, 0.15) is 6.10 Å². The Hall–Kier alpha value is -0.610. The van der Waals surface area contributed by atoms with Crippen LogP contribution in [0.4, 0.5) is 0 Å². The molecule has 1 saturated heterocycles. The van der Waals surface area contributed by atoms with E-state index < -0.39 is 12.2 Å². The van der Waals surface area contributed by atoms with Crippen molar-refractivity contribution in [1.82, 2.24) is 4.90 Å². The molecule has 1 amide bonds. The lowest BCUT2D eigenvalue weighted by molar-refractivity contribution is -0.138. The van der Waals surface area contributed by atoms with Gasteiger partial charge in [0.15, 0.2) is 0 Å². The Balaban J connectivity index is 2.52. The molecule has 1 rings (SSSR count).